The first-order valence-corrected chi connectivity index (χ1v) is 16.8. The number of anilines is 1. The normalized spacial score (nSPS) is 18.5. The summed E-state index contributed by atoms with van der Waals surface area (Å²) < 4.78 is 79.1. The third-order valence-electron chi connectivity index (χ3n) is 7.84. The average molecular weight is 714 g/mol. The monoisotopic (exact) mass is 713 g/mol. The van der Waals surface area contributed by atoms with Gasteiger partial charge in [-0.15, -0.1) is 0 Å². The van der Waals surface area contributed by atoms with Gasteiger partial charge in [0.1, 0.15) is 11.2 Å². The summed E-state index contributed by atoms with van der Waals surface area (Å²) in [6.07, 6.45) is -2.28. The molecule has 0 saturated carbocycles. The molecular formula is C31H35ClF3N5O7S. The van der Waals surface area contributed by atoms with Crippen molar-refractivity contribution in [2.24, 2.45) is 0 Å². The molecule has 2 aromatic carbocycles. The molecule has 3 heterocycles. The molecule has 1 amide bonds. The Kier molecular flexibility index (Phi) is 9.51. The van der Waals surface area contributed by atoms with Crippen LogP contribution in [0.5, 0.6) is 0 Å². The van der Waals surface area contributed by atoms with E-state index in [0.717, 1.165) is 11.5 Å². The first-order chi connectivity index (χ1) is 22.3. The quantitative estimate of drug-likeness (QED) is 0.353. The Morgan fingerprint density at radius 3 is 2.46 bits per heavy atom. The fraction of sp³-hybridized carbons (Fsp3) is 0.452. The number of aliphatic hydroxyl groups is 1. The van der Waals surface area contributed by atoms with Gasteiger partial charge in [-0.3, -0.25) is 4.79 Å². The van der Waals surface area contributed by atoms with Crippen LogP contribution in [0.15, 0.2) is 42.1 Å². The van der Waals surface area contributed by atoms with Crippen molar-refractivity contribution in [3.63, 3.8) is 0 Å². The molecule has 48 heavy (non-hydrogen) atoms. The van der Waals surface area contributed by atoms with Crippen LogP contribution < -0.4 is 10.2 Å². The summed E-state index contributed by atoms with van der Waals surface area (Å²) in [5, 5.41) is 14.0. The van der Waals surface area contributed by atoms with Crippen molar-refractivity contribution in [2.45, 2.75) is 57.9 Å². The van der Waals surface area contributed by atoms with Crippen LogP contribution in [-0.2, 0) is 24.3 Å². The second-order valence-electron chi connectivity index (χ2n) is 12.4. The fourth-order valence-electron chi connectivity index (χ4n) is 5.64. The van der Waals surface area contributed by atoms with Crippen molar-refractivity contribution in [3.05, 3.63) is 64.1 Å². The van der Waals surface area contributed by atoms with Crippen LogP contribution in [0.3, 0.4) is 0 Å². The molecule has 0 spiro atoms. The molecule has 17 heteroatoms. The Labute approximate surface area is 280 Å². The number of carbonyl (C=O) groups excluding carboxylic acids is 2. The van der Waals surface area contributed by atoms with Gasteiger partial charge in [-0.25, -0.2) is 18.7 Å². The van der Waals surface area contributed by atoms with Crippen LogP contribution in [0.25, 0.3) is 16.6 Å². The SMILES string of the molecule is Cc1cc(N2CCOCC2)cc2c1nc(C1=C(NCC(O)c3cccc(Cl)c3)C(C)N(S(=O)(=O)C(F)(F)F)C1=O)n2C(=O)OC(C)(C)C. The molecule has 0 bridgehead atoms. The minimum atomic E-state index is -6.22. The average Bonchev–Trinajstić information content (AvgIpc) is 3.49. The smallest absolute Gasteiger partial charge is 0.443 e. The predicted octanol–water partition coefficient (Wildman–Crippen LogP) is 4.73. The van der Waals surface area contributed by atoms with Crippen LogP contribution in [0.4, 0.5) is 23.7 Å². The molecular weight excluding hydrogens is 679 g/mol. The summed E-state index contributed by atoms with van der Waals surface area (Å²) in [5.74, 6) is -2.00. The lowest BCUT2D eigenvalue weighted by atomic mass is 10.1. The maximum absolute atomic E-state index is 14.0. The molecule has 2 atom stereocenters. The number of imidazole rings is 1. The number of morpholine rings is 1. The predicted molar refractivity (Wildman–Crippen MR) is 172 cm³/mol. The van der Waals surface area contributed by atoms with Crippen molar-refractivity contribution < 1.29 is 45.8 Å². The molecule has 260 valence electrons. The zero-order valence-corrected chi connectivity index (χ0v) is 28.3. The molecule has 1 saturated heterocycles. The van der Waals surface area contributed by atoms with Gasteiger partial charge in [-0.1, -0.05) is 23.7 Å². The number of amides is 1. The first kappa shape index (κ1) is 35.4. The molecule has 0 radical (unpaired) electrons. The number of carbonyl (C=O) groups is 2. The lowest BCUT2D eigenvalue weighted by Gasteiger charge is -2.29. The zero-order valence-electron chi connectivity index (χ0n) is 26.8. The number of nitrogens with one attached hydrogen (secondary N) is 1. The van der Waals surface area contributed by atoms with Gasteiger partial charge in [-0.05, 0) is 70.0 Å². The maximum Gasteiger partial charge on any atom is 0.516 e. The highest BCUT2D eigenvalue weighted by molar-refractivity contribution is 7.90. The van der Waals surface area contributed by atoms with Crippen LogP contribution in [0, 0.1) is 6.92 Å². The van der Waals surface area contributed by atoms with Gasteiger partial charge >= 0.3 is 21.6 Å². The molecule has 1 fully saturated rings. The largest absolute Gasteiger partial charge is 0.516 e. The van der Waals surface area contributed by atoms with Crippen LogP contribution >= 0.6 is 11.6 Å². The van der Waals surface area contributed by atoms with Crippen molar-refractivity contribution in [3.8, 4) is 0 Å². The molecule has 1 aromatic heterocycles. The summed E-state index contributed by atoms with van der Waals surface area (Å²) in [4.78, 5) is 34.4. The highest BCUT2D eigenvalue weighted by Crippen LogP contribution is 2.40. The number of fused-ring (bicyclic) bond motifs is 1. The number of benzene rings is 2. The number of rotatable bonds is 7. The molecule has 5 rings (SSSR count). The number of sulfonamides is 1. The van der Waals surface area contributed by atoms with E-state index in [1.54, 1.807) is 52.0 Å². The number of hydrogen-bond acceptors (Lipinski definition) is 10. The number of aromatic nitrogens is 2. The van der Waals surface area contributed by atoms with Gasteiger partial charge < -0.3 is 24.8 Å². The van der Waals surface area contributed by atoms with Gasteiger partial charge in [-0.2, -0.15) is 21.6 Å². The van der Waals surface area contributed by atoms with E-state index in [1.165, 1.54) is 6.07 Å². The number of alkyl halides is 3. The Hall–Kier alpha value is -3.86. The number of nitrogens with zero attached hydrogens (tertiary/aromatic N) is 4. The highest BCUT2D eigenvalue weighted by Gasteiger charge is 2.57. The molecule has 3 aromatic rings. The van der Waals surface area contributed by atoms with Gasteiger partial charge in [0.2, 0.25) is 0 Å². The zero-order chi connectivity index (χ0) is 35.3. The number of aryl methyl sites for hydroxylation is 1. The molecule has 12 nitrogen and oxygen atoms in total. The third-order valence-corrected chi connectivity index (χ3v) is 9.66. The number of aliphatic hydroxyl groups excluding tert-OH is 1. The molecule has 0 aliphatic carbocycles. The highest BCUT2D eigenvalue weighted by atomic mass is 35.5. The Balaban J connectivity index is 1.73. The lowest BCUT2D eigenvalue weighted by molar-refractivity contribution is -0.122. The van der Waals surface area contributed by atoms with Crippen LogP contribution in [-0.4, -0.2) is 89.4 Å². The van der Waals surface area contributed by atoms with Crippen molar-refractivity contribution >= 4 is 55.9 Å². The Morgan fingerprint density at radius 1 is 1.19 bits per heavy atom. The van der Waals surface area contributed by atoms with E-state index in [1.807, 2.05) is 11.0 Å². The summed E-state index contributed by atoms with van der Waals surface area (Å²) in [6.45, 7) is 9.29. The fourth-order valence-corrected chi connectivity index (χ4v) is 6.89. The van der Waals surface area contributed by atoms with Crippen LogP contribution in [0.1, 0.15) is 50.8 Å². The van der Waals surface area contributed by atoms with E-state index in [-0.39, 0.29) is 27.6 Å². The van der Waals surface area contributed by atoms with E-state index < -0.39 is 56.7 Å². The van der Waals surface area contributed by atoms with Gasteiger partial charge in [0.15, 0.2) is 5.82 Å². The van der Waals surface area contributed by atoms with E-state index in [0.29, 0.717) is 48.1 Å². The molecule has 2 N–H and O–H groups in total. The summed E-state index contributed by atoms with van der Waals surface area (Å²) in [5.41, 5.74) is -5.75. The standard InChI is InChI=1S/C31H35ClF3N5O7S/c1-17-13-21(38-9-11-46-12-10-38)15-22-25(17)37-27(39(22)29(43)47-30(3,4)5)24-26(36-16-23(41)19-7-6-8-20(32)14-19)18(2)40(28(24)42)48(44,45)31(33,34)35/h6-8,13-15,18,23,36,41H,9-12,16H2,1-5H3. The van der Waals surface area contributed by atoms with E-state index in [2.05, 4.69) is 10.3 Å². The van der Waals surface area contributed by atoms with Crippen molar-refractivity contribution in [1.82, 2.24) is 19.2 Å². The van der Waals surface area contributed by atoms with Crippen LogP contribution in [0.2, 0.25) is 5.02 Å². The lowest BCUT2D eigenvalue weighted by Crippen LogP contribution is -2.47. The van der Waals surface area contributed by atoms with Gasteiger partial charge in [0.05, 0.1) is 42.1 Å². The summed E-state index contributed by atoms with van der Waals surface area (Å²) in [7, 11) is -6.22. The van der Waals surface area contributed by atoms with E-state index >= 15 is 0 Å². The van der Waals surface area contributed by atoms with E-state index in [4.69, 9.17) is 21.1 Å². The minimum Gasteiger partial charge on any atom is -0.443 e. The number of hydrogen-bond donors (Lipinski definition) is 2. The number of ether oxygens (including phenoxy) is 2. The van der Waals surface area contributed by atoms with Crippen molar-refractivity contribution in [1.29, 1.82) is 0 Å². The maximum atomic E-state index is 14.0. The first-order valence-electron chi connectivity index (χ1n) is 15.0. The minimum absolute atomic E-state index is 0.184. The molecule has 2 aliphatic rings. The molecule has 2 unspecified atom stereocenters. The van der Waals surface area contributed by atoms with Gasteiger partial charge in [0, 0.05) is 30.3 Å². The van der Waals surface area contributed by atoms with Gasteiger partial charge in [0.25, 0.3) is 5.91 Å². The Bertz CT molecular complexity index is 1900. The topological polar surface area (TPSA) is 143 Å². The third kappa shape index (κ3) is 6.70. The number of halogens is 4. The van der Waals surface area contributed by atoms with E-state index in [9.17, 15) is 36.3 Å². The Morgan fingerprint density at radius 2 is 1.85 bits per heavy atom. The van der Waals surface area contributed by atoms with Crippen molar-refractivity contribution in [2.75, 3.05) is 37.7 Å². The molecule has 2 aliphatic heterocycles. The second-order valence-corrected chi connectivity index (χ2v) is 14.7. The second kappa shape index (κ2) is 12.9. The summed E-state index contributed by atoms with van der Waals surface area (Å²) >= 11 is 6.05. The summed E-state index contributed by atoms with van der Waals surface area (Å²) in [6, 6.07) is 7.94.